The summed E-state index contributed by atoms with van der Waals surface area (Å²) < 4.78 is 5.41. The summed E-state index contributed by atoms with van der Waals surface area (Å²) in [7, 11) is 0. The van der Waals surface area contributed by atoms with Crippen LogP contribution in [0.25, 0.3) is 10.7 Å². The molecule has 0 aliphatic carbocycles. The first-order valence-corrected chi connectivity index (χ1v) is 8.75. The molecule has 0 spiro atoms. The second-order valence-corrected chi connectivity index (χ2v) is 7.06. The quantitative estimate of drug-likeness (QED) is 0.725. The third-order valence-corrected chi connectivity index (χ3v) is 5.33. The number of thiophene rings is 1. The second-order valence-electron chi connectivity index (χ2n) is 6.11. The molecule has 3 heterocycles. The van der Waals surface area contributed by atoms with Gasteiger partial charge in [-0.3, -0.25) is 4.79 Å². The molecule has 1 aliphatic rings. The standard InChI is InChI=1S/C18H17N3O2S/c1-11-5-6-14(8-12(11)2)21-10-13(9-16(21)22)18-19-17(20-23-18)15-4-3-7-24-15/h3-8,13H,9-10H2,1-2H3. The molecule has 4 rings (SSSR count). The fraction of sp³-hybridized carbons (Fsp3) is 0.278. The summed E-state index contributed by atoms with van der Waals surface area (Å²) in [6, 6.07) is 10.0. The van der Waals surface area contributed by atoms with Crippen LogP contribution in [0.3, 0.4) is 0 Å². The molecule has 122 valence electrons. The molecule has 0 bridgehead atoms. The highest BCUT2D eigenvalue weighted by molar-refractivity contribution is 7.13. The molecule has 1 saturated heterocycles. The molecule has 24 heavy (non-hydrogen) atoms. The third-order valence-electron chi connectivity index (χ3n) is 4.46. The van der Waals surface area contributed by atoms with E-state index in [-0.39, 0.29) is 11.8 Å². The van der Waals surface area contributed by atoms with Gasteiger partial charge in [-0.2, -0.15) is 4.98 Å². The van der Waals surface area contributed by atoms with Crippen LogP contribution in [0.5, 0.6) is 0 Å². The van der Waals surface area contributed by atoms with E-state index in [1.165, 1.54) is 11.1 Å². The zero-order chi connectivity index (χ0) is 16.7. The van der Waals surface area contributed by atoms with Crippen LogP contribution in [0.15, 0.2) is 40.2 Å². The van der Waals surface area contributed by atoms with Crippen molar-refractivity contribution in [1.82, 2.24) is 10.1 Å². The number of aryl methyl sites for hydroxylation is 2. The highest BCUT2D eigenvalue weighted by Gasteiger charge is 2.35. The van der Waals surface area contributed by atoms with Crippen LogP contribution in [0, 0.1) is 13.8 Å². The number of anilines is 1. The smallest absolute Gasteiger partial charge is 0.232 e. The van der Waals surface area contributed by atoms with Gasteiger partial charge in [0, 0.05) is 18.7 Å². The topological polar surface area (TPSA) is 59.2 Å². The average molecular weight is 339 g/mol. The number of nitrogens with zero attached hydrogens (tertiary/aromatic N) is 3. The Kier molecular flexibility index (Phi) is 3.69. The largest absolute Gasteiger partial charge is 0.339 e. The van der Waals surface area contributed by atoms with E-state index in [0.717, 1.165) is 10.6 Å². The molecule has 1 unspecified atom stereocenters. The molecule has 1 atom stereocenters. The molecule has 0 saturated carbocycles. The maximum atomic E-state index is 12.4. The van der Waals surface area contributed by atoms with Crippen molar-refractivity contribution < 1.29 is 9.32 Å². The molecule has 5 nitrogen and oxygen atoms in total. The first kappa shape index (κ1) is 15.1. The minimum atomic E-state index is -0.0553. The molecule has 6 heteroatoms. The Morgan fingerprint density at radius 3 is 2.88 bits per heavy atom. The van der Waals surface area contributed by atoms with Crippen molar-refractivity contribution in [2.75, 3.05) is 11.4 Å². The number of amides is 1. The Balaban J connectivity index is 1.56. The maximum Gasteiger partial charge on any atom is 0.232 e. The Hall–Kier alpha value is -2.47. The highest BCUT2D eigenvalue weighted by Crippen LogP contribution is 2.33. The van der Waals surface area contributed by atoms with Crippen LogP contribution >= 0.6 is 11.3 Å². The third kappa shape index (κ3) is 2.63. The summed E-state index contributed by atoms with van der Waals surface area (Å²) in [6.07, 6.45) is 0.402. The van der Waals surface area contributed by atoms with Crippen LogP contribution in [0.4, 0.5) is 5.69 Å². The monoisotopic (exact) mass is 339 g/mol. The van der Waals surface area contributed by atoms with E-state index < -0.39 is 0 Å². The SMILES string of the molecule is Cc1ccc(N2CC(c3nc(-c4cccs4)no3)CC2=O)cc1C. The van der Waals surface area contributed by atoms with Gasteiger partial charge in [0.2, 0.25) is 17.6 Å². The zero-order valence-electron chi connectivity index (χ0n) is 13.5. The van der Waals surface area contributed by atoms with Gasteiger partial charge in [-0.1, -0.05) is 17.3 Å². The lowest BCUT2D eigenvalue weighted by Gasteiger charge is -2.17. The fourth-order valence-electron chi connectivity index (χ4n) is 2.92. The summed E-state index contributed by atoms with van der Waals surface area (Å²) in [5.41, 5.74) is 3.34. The Morgan fingerprint density at radius 1 is 1.25 bits per heavy atom. The minimum Gasteiger partial charge on any atom is -0.339 e. The number of hydrogen-bond donors (Lipinski definition) is 0. The average Bonchev–Trinajstić information content (AvgIpc) is 3.28. The maximum absolute atomic E-state index is 12.4. The molecule has 1 aromatic carbocycles. The van der Waals surface area contributed by atoms with Crippen LogP contribution in [0.2, 0.25) is 0 Å². The summed E-state index contributed by atoms with van der Waals surface area (Å²) in [5, 5.41) is 6.02. The van der Waals surface area contributed by atoms with E-state index in [1.807, 2.05) is 34.5 Å². The van der Waals surface area contributed by atoms with Crippen molar-refractivity contribution in [3.8, 4) is 10.7 Å². The summed E-state index contributed by atoms with van der Waals surface area (Å²) >= 11 is 1.57. The lowest BCUT2D eigenvalue weighted by atomic mass is 10.1. The van der Waals surface area contributed by atoms with Gasteiger partial charge in [0.25, 0.3) is 0 Å². The second kappa shape index (κ2) is 5.87. The van der Waals surface area contributed by atoms with Gasteiger partial charge in [-0.15, -0.1) is 11.3 Å². The number of aromatic nitrogens is 2. The lowest BCUT2D eigenvalue weighted by Crippen LogP contribution is -2.24. The molecule has 1 fully saturated rings. The van der Waals surface area contributed by atoms with E-state index in [9.17, 15) is 4.79 Å². The molecular weight excluding hydrogens is 322 g/mol. The first-order chi connectivity index (χ1) is 11.6. The van der Waals surface area contributed by atoms with Gasteiger partial charge in [0.1, 0.15) is 0 Å². The van der Waals surface area contributed by atoms with E-state index in [4.69, 9.17) is 4.52 Å². The summed E-state index contributed by atoms with van der Waals surface area (Å²) in [5.74, 6) is 1.18. The highest BCUT2D eigenvalue weighted by atomic mass is 32.1. The van der Waals surface area contributed by atoms with Crippen LogP contribution in [-0.2, 0) is 4.79 Å². The number of carbonyl (C=O) groups is 1. The molecule has 2 aromatic heterocycles. The minimum absolute atomic E-state index is 0.0553. The van der Waals surface area contributed by atoms with E-state index in [2.05, 4.69) is 30.1 Å². The molecular formula is C18H17N3O2S. The molecule has 1 amide bonds. The Labute approximate surface area is 143 Å². The number of benzene rings is 1. The predicted molar refractivity (Wildman–Crippen MR) is 93.2 cm³/mol. The first-order valence-electron chi connectivity index (χ1n) is 7.87. The lowest BCUT2D eigenvalue weighted by molar-refractivity contribution is -0.117. The van der Waals surface area contributed by atoms with Crippen LogP contribution < -0.4 is 4.90 Å². The molecule has 1 aliphatic heterocycles. The van der Waals surface area contributed by atoms with Gasteiger partial charge in [-0.05, 0) is 48.6 Å². The van der Waals surface area contributed by atoms with Crippen LogP contribution in [0.1, 0.15) is 29.4 Å². The molecule has 0 radical (unpaired) electrons. The predicted octanol–water partition coefficient (Wildman–Crippen LogP) is 3.94. The van der Waals surface area contributed by atoms with Crippen molar-refractivity contribution in [2.24, 2.45) is 0 Å². The number of hydrogen-bond acceptors (Lipinski definition) is 5. The Morgan fingerprint density at radius 2 is 2.12 bits per heavy atom. The van der Waals surface area contributed by atoms with Crippen molar-refractivity contribution in [3.63, 3.8) is 0 Å². The number of rotatable bonds is 3. The van der Waals surface area contributed by atoms with Gasteiger partial charge < -0.3 is 9.42 Å². The van der Waals surface area contributed by atoms with Crippen molar-refractivity contribution in [2.45, 2.75) is 26.2 Å². The van der Waals surface area contributed by atoms with Gasteiger partial charge in [0.05, 0.1) is 10.8 Å². The van der Waals surface area contributed by atoms with Crippen molar-refractivity contribution in [1.29, 1.82) is 0 Å². The zero-order valence-corrected chi connectivity index (χ0v) is 14.3. The van der Waals surface area contributed by atoms with Crippen LogP contribution in [-0.4, -0.2) is 22.6 Å². The fourth-order valence-corrected chi connectivity index (χ4v) is 3.57. The van der Waals surface area contributed by atoms with Gasteiger partial charge >= 0.3 is 0 Å². The summed E-state index contributed by atoms with van der Waals surface area (Å²) in [6.45, 7) is 4.70. The Bertz CT molecular complexity index is 886. The van der Waals surface area contributed by atoms with E-state index in [1.54, 1.807) is 11.3 Å². The van der Waals surface area contributed by atoms with Crippen molar-refractivity contribution >= 4 is 22.9 Å². The van der Waals surface area contributed by atoms with Gasteiger partial charge in [0.15, 0.2) is 0 Å². The molecule has 3 aromatic rings. The summed E-state index contributed by atoms with van der Waals surface area (Å²) in [4.78, 5) is 19.7. The van der Waals surface area contributed by atoms with E-state index >= 15 is 0 Å². The normalized spacial score (nSPS) is 17.7. The number of carbonyl (C=O) groups excluding carboxylic acids is 1. The molecule has 0 N–H and O–H groups in total. The van der Waals surface area contributed by atoms with E-state index in [0.29, 0.717) is 24.7 Å². The van der Waals surface area contributed by atoms with Crippen molar-refractivity contribution in [3.05, 3.63) is 52.7 Å². The van der Waals surface area contributed by atoms with Gasteiger partial charge in [-0.25, -0.2) is 0 Å².